The first-order valence-corrected chi connectivity index (χ1v) is 30.2. The van der Waals surface area contributed by atoms with Crippen LogP contribution in [0.25, 0.3) is 22.3 Å². The van der Waals surface area contributed by atoms with E-state index in [9.17, 15) is 46.2 Å². The summed E-state index contributed by atoms with van der Waals surface area (Å²) in [5, 5.41) is 36.6. The molecule has 4 aromatic carbocycles. The number of methoxy groups -OCH3 is 2. The number of rotatable bonds is 18. The summed E-state index contributed by atoms with van der Waals surface area (Å²) in [6.07, 6.45) is -3.27. The largest absolute Gasteiger partial charge is 0.497 e. The van der Waals surface area contributed by atoms with Gasteiger partial charge in [-0.15, -0.1) is 0 Å². The summed E-state index contributed by atoms with van der Waals surface area (Å²) < 4.78 is 93.0. The monoisotopic (exact) mass is 1260 g/mol. The van der Waals surface area contributed by atoms with E-state index >= 15 is 0 Å². The molecule has 0 radical (unpaired) electrons. The Kier molecular flexibility index (Phi) is 18.2. The number of aliphatic hydroxyl groups excluding tert-OH is 2. The summed E-state index contributed by atoms with van der Waals surface area (Å²) in [6, 6.07) is 22.6. The van der Waals surface area contributed by atoms with Gasteiger partial charge in [-0.05, 0) is 125 Å². The number of aromatic nitrogens is 8. The lowest BCUT2D eigenvalue weighted by molar-refractivity contribution is -0.197. The van der Waals surface area contributed by atoms with Crippen LogP contribution in [0.2, 0.25) is 0 Å². The van der Waals surface area contributed by atoms with Crippen LogP contribution < -0.4 is 50.8 Å². The third-order valence-electron chi connectivity index (χ3n) is 13.7. The number of ether oxygens (including phenoxy) is 6. The van der Waals surface area contributed by atoms with E-state index in [1.54, 1.807) is 73.9 Å². The van der Waals surface area contributed by atoms with Gasteiger partial charge in [0, 0.05) is 35.8 Å². The van der Waals surface area contributed by atoms with Gasteiger partial charge in [0.25, 0.3) is 31.9 Å². The third-order valence-corrected chi connectivity index (χ3v) is 16.5. The number of aliphatic hydroxyl groups is 2. The second-order valence-corrected chi connectivity index (χ2v) is 23.6. The molecule has 7 heterocycles. The molecule has 3 aliphatic heterocycles. The smallest absolute Gasteiger partial charge is 0.324 e. The van der Waals surface area contributed by atoms with Crippen molar-refractivity contribution >= 4 is 101 Å². The summed E-state index contributed by atoms with van der Waals surface area (Å²) in [6.45, 7) is 7.78. The van der Waals surface area contributed by atoms with E-state index in [4.69, 9.17) is 28.4 Å². The van der Waals surface area contributed by atoms with Gasteiger partial charge in [0.15, 0.2) is 64.4 Å². The number of nitrogens with one attached hydrogen (secondary N) is 8. The summed E-state index contributed by atoms with van der Waals surface area (Å²) in [4.78, 5) is 75.9. The molecule has 3 aliphatic rings. The standard InChI is InChI=1S/C29H32N8O8S.C26H28N8O8S/c1-5-30-26(38)22-21-23(45-29(2,3)44-21)27(43-22)37-15-33-20-24(31-14-32-25(20)37)35-28(39)34-16-8-12-19(13-9-16)46(40,41)36-17-6-10-18(42-4)11-7-17;1-3-27-24(37)21-19(35)20(36)25(42-21)34-13-30-18-22(28-12-29-23(18)34)32-26(38)31-14-6-10-17(11-7-14)43(39,40)33-15-4-8-16(41-2)9-5-15/h6-15,21-23,27,36H,5H2,1-4H3,(H,30,38)(H2,31,32,34,35,39);4-13,19-21,25,33,35-36H,3H2,1-2H3,(H,27,37)(H2,28,29,31,32,38)/t21-,22+,23-,27-;19-,20+,21-,25+/m10/s1. The molecule has 3 fully saturated rings. The number of imidazole rings is 2. The number of likely N-dealkylation sites (N-methyl/N-ethyl adjacent to an activating group) is 2. The Balaban J connectivity index is 0.000000197. The van der Waals surface area contributed by atoms with Gasteiger partial charge in [-0.1, -0.05) is 0 Å². The molecule has 11 rings (SSSR count). The van der Waals surface area contributed by atoms with Gasteiger partial charge in [0.1, 0.15) is 48.6 Å². The summed E-state index contributed by atoms with van der Waals surface area (Å²) in [5.74, 6) is -0.514. The molecule has 10 N–H and O–H groups in total. The van der Waals surface area contributed by atoms with Gasteiger partial charge < -0.3 is 59.9 Å². The highest BCUT2D eigenvalue weighted by molar-refractivity contribution is 7.93. The van der Waals surface area contributed by atoms with Crippen LogP contribution in [0.3, 0.4) is 0 Å². The number of urea groups is 2. The van der Waals surface area contributed by atoms with Crippen molar-refractivity contribution in [3.63, 3.8) is 0 Å². The molecule has 0 bridgehead atoms. The van der Waals surface area contributed by atoms with E-state index in [2.05, 4.69) is 71.2 Å². The van der Waals surface area contributed by atoms with E-state index in [-0.39, 0.29) is 44.0 Å². The van der Waals surface area contributed by atoms with E-state index in [1.807, 2.05) is 6.92 Å². The van der Waals surface area contributed by atoms with Crippen molar-refractivity contribution in [2.24, 2.45) is 0 Å². The van der Waals surface area contributed by atoms with Crippen LogP contribution in [0, 0.1) is 0 Å². The number of anilines is 6. The van der Waals surface area contributed by atoms with Crippen LogP contribution in [0.15, 0.2) is 132 Å². The van der Waals surface area contributed by atoms with Crippen molar-refractivity contribution in [1.82, 2.24) is 49.7 Å². The number of carbonyl (C=O) groups is 4. The van der Waals surface area contributed by atoms with Crippen molar-refractivity contribution in [2.75, 3.05) is 58.0 Å². The lowest BCUT2D eigenvalue weighted by Crippen LogP contribution is -2.42. The van der Waals surface area contributed by atoms with Gasteiger partial charge in [0.2, 0.25) is 0 Å². The molecule has 34 heteroatoms. The molecule has 89 heavy (non-hydrogen) atoms. The number of amides is 6. The Bertz CT molecular complexity index is 4120. The molecule has 468 valence electrons. The SMILES string of the molecule is CCNC(=O)[C@H]1O[C@@H](n2cnc3c(NC(=O)Nc4ccc(S(=O)(=O)Nc5ccc(OC)cc5)cc4)ncnc32)[C@@H]2OC(C)(C)O[C@@H]21.CCNC(=O)[C@H]1O[C@@H](n2cnc3c(NC(=O)Nc4ccc(S(=O)(=O)Nc5ccc(OC)cc5)cc4)ncnc32)[C@H](O)[C@@H]1O. The summed E-state index contributed by atoms with van der Waals surface area (Å²) in [5.41, 5.74) is 2.26. The molecule has 0 spiro atoms. The molecule has 0 saturated carbocycles. The van der Waals surface area contributed by atoms with Crippen LogP contribution in [0.5, 0.6) is 11.5 Å². The lowest BCUT2D eigenvalue weighted by atomic mass is 10.1. The molecule has 0 aliphatic carbocycles. The first-order valence-electron chi connectivity index (χ1n) is 27.2. The van der Waals surface area contributed by atoms with Crippen LogP contribution in [-0.4, -0.2) is 160 Å². The van der Waals surface area contributed by atoms with Crippen LogP contribution in [0.4, 0.5) is 44.0 Å². The second-order valence-electron chi connectivity index (χ2n) is 20.2. The molecule has 8 aromatic rings. The van der Waals surface area contributed by atoms with Crippen molar-refractivity contribution in [3.05, 3.63) is 122 Å². The minimum atomic E-state index is -3.89. The Morgan fingerprint density at radius 3 is 1.37 bits per heavy atom. The maximum absolute atomic E-state index is 12.9. The van der Waals surface area contributed by atoms with Crippen LogP contribution >= 0.6 is 0 Å². The average molecular weight is 1270 g/mol. The maximum atomic E-state index is 12.9. The topological polar surface area (TPSA) is 416 Å². The normalized spacial score (nSPS) is 20.9. The number of fused-ring (bicyclic) bond motifs is 3. The Hall–Kier alpha value is -9.68. The fourth-order valence-corrected chi connectivity index (χ4v) is 11.8. The van der Waals surface area contributed by atoms with Gasteiger partial charge in [-0.2, -0.15) is 0 Å². The van der Waals surface area contributed by atoms with Crippen LogP contribution in [0.1, 0.15) is 40.2 Å². The zero-order chi connectivity index (χ0) is 63.4. The fraction of sp³-hybridized carbons (Fsp3) is 0.309. The Labute approximate surface area is 507 Å². The molecule has 32 nitrogen and oxygen atoms in total. The first kappa shape index (κ1) is 62.4. The van der Waals surface area contributed by atoms with Crippen molar-refractivity contribution in [2.45, 2.75) is 92.4 Å². The van der Waals surface area contributed by atoms with Crippen molar-refractivity contribution in [3.8, 4) is 11.5 Å². The first-order chi connectivity index (χ1) is 42.6. The van der Waals surface area contributed by atoms with Gasteiger partial charge in [-0.25, -0.2) is 56.3 Å². The number of hydrogen-bond acceptors (Lipinski definition) is 22. The van der Waals surface area contributed by atoms with E-state index in [1.165, 1.54) is 86.3 Å². The highest BCUT2D eigenvalue weighted by atomic mass is 32.2. The number of benzene rings is 4. The average Bonchev–Trinajstić information content (AvgIpc) is 1.61. The molecule has 0 unspecified atom stereocenters. The molecule has 4 aromatic heterocycles. The molecule has 6 amide bonds. The fourth-order valence-electron chi connectivity index (χ4n) is 9.65. The lowest BCUT2D eigenvalue weighted by Gasteiger charge is -2.24. The third kappa shape index (κ3) is 13.7. The predicted octanol–water partition coefficient (Wildman–Crippen LogP) is 3.87. The number of carbonyl (C=O) groups excluding carboxylic acids is 4. The van der Waals surface area contributed by atoms with Gasteiger partial charge in [-0.3, -0.25) is 38.8 Å². The van der Waals surface area contributed by atoms with Crippen LogP contribution in [-0.2, 0) is 48.6 Å². The highest BCUT2D eigenvalue weighted by Crippen LogP contribution is 2.44. The molecular weight excluding hydrogens is 1200 g/mol. The number of nitrogens with zero attached hydrogens (tertiary/aromatic N) is 8. The van der Waals surface area contributed by atoms with E-state index in [0.29, 0.717) is 53.0 Å². The minimum Gasteiger partial charge on any atom is -0.497 e. The molecule has 8 atom stereocenters. The second kappa shape index (κ2) is 26.0. The summed E-state index contributed by atoms with van der Waals surface area (Å²) >= 11 is 0. The van der Waals surface area contributed by atoms with E-state index in [0.717, 1.165) is 6.33 Å². The molecule has 3 saturated heterocycles. The summed E-state index contributed by atoms with van der Waals surface area (Å²) in [7, 11) is -4.73. The maximum Gasteiger partial charge on any atom is 0.324 e. The van der Waals surface area contributed by atoms with Crippen molar-refractivity contribution < 1.29 is 74.6 Å². The minimum absolute atomic E-state index is 0.00291. The Morgan fingerprint density at radius 2 is 0.933 bits per heavy atom. The molecular formula is C55H60N16O16S2. The zero-order valence-electron chi connectivity index (χ0n) is 48.1. The quantitative estimate of drug-likeness (QED) is 0.0583. The number of sulfonamides is 2. The highest BCUT2D eigenvalue weighted by Gasteiger charge is 2.58. The Morgan fingerprint density at radius 1 is 0.528 bits per heavy atom. The van der Waals surface area contributed by atoms with Crippen molar-refractivity contribution in [1.29, 1.82) is 0 Å². The van der Waals surface area contributed by atoms with Gasteiger partial charge in [0.05, 0.1) is 36.7 Å². The predicted molar refractivity (Wildman–Crippen MR) is 317 cm³/mol. The number of hydrogen-bond donors (Lipinski definition) is 10. The zero-order valence-corrected chi connectivity index (χ0v) is 49.7. The van der Waals surface area contributed by atoms with E-state index < -0.39 is 92.9 Å². The van der Waals surface area contributed by atoms with Gasteiger partial charge >= 0.3 is 12.1 Å².